The summed E-state index contributed by atoms with van der Waals surface area (Å²) in [6.07, 6.45) is 0. The highest BCUT2D eigenvalue weighted by molar-refractivity contribution is 5.84. The molecule has 0 saturated carbocycles. The third kappa shape index (κ3) is 2.65. The molecule has 1 aliphatic rings. The molecule has 1 unspecified atom stereocenters. The molecule has 1 amide bonds. The van der Waals surface area contributed by atoms with Crippen LogP contribution in [0.15, 0.2) is 54.6 Å². The van der Waals surface area contributed by atoms with Gasteiger partial charge in [0.05, 0.1) is 6.61 Å². The van der Waals surface area contributed by atoms with Gasteiger partial charge in [0.25, 0.3) is 5.91 Å². The lowest BCUT2D eigenvalue weighted by atomic mass is 10.0. The Morgan fingerprint density at radius 2 is 1.90 bits per heavy atom. The second-order valence-electron chi connectivity index (χ2n) is 4.64. The molecule has 2 aromatic carbocycles. The van der Waals surface area contributed by atoms with Crippen molar-refractivity contribution in [2.24, 2.45) is 0 Å². The molecule has 0 radical (unpaired) electrons. The Morgan fingerprint density at radius 1 is 1.15 bits per heavy atom. The first kappa shape index (κ1) is 12.7. The van der Waals surface area contributed by atoms with E-state index in [4.69, 9.17) is 9.57 Å². The van der Waals surface area contributed by atoms with Gasteiger partial charge in [-0.1, -0.05) is 48.5 Å². The van der Waals surface area contributed by atoms with Crippen LogP contribution in [0.4, 0.5) is 0 Å². The van der Waals surface area contributed by atoms with Gasteiger partial charge in [-0.15, -0.1) is 0 Å². The van der Waals surface area contributed by atoms with Gasteiger partial charge in [-0.3, -0.25) is 9.63 Å². The normalized spacial score (nSPS) is 16.3. The Bertz CT molecular complexity index is 598. The van der Waals surface area contributed by atoms with Crippen molar-refractivity contribution < 1.29 is 14.4 Å². The number of benzene rings is 2. The molecule has 0 aliphatic carbocycles. The number of fused-ring (bicyclic) bond motifs is 1. The summed E-state index contributed by atoms with van der Waals surface area (Å²) in [4.78, 5) is 17.3. The largest absolute Gasteiger partial charge is 0.492 e. The van der Waals surface area contributed by atoms with E-state index in [1.54, 1.807) is 0 Å². The first-order valence-corrected chi connectivity index (χ1v) is 6.52. The van der Waals surface area contributed by atoms with Crippen LogP contribution in [0.1, 0.15) is 17.0 Å². The number of carbonyl (C=O) groups is 1. The van der Waals surface area contributed by atoms with E-state index in [0.717, 1.165) is 16.9 Å². The molecule has 0 spiro atoms. The van der Waals surface area contributed by atoms with E-state index in [2.05, 4.69) is 5.48 Å². The predicted molar refractivity (Wildman–Crippen MR) is 74.1 cm³/mol. The predicted octanol–water partition coefficient (Wildman–Crippen LogP) is 2.41. The molecular formula is C16H15NO3. The monoisotopic (exact) mass is 269 g/mol. The molecular weight excluding hydrogens is 254 g/mol. The molecule has 1 atom stereocenters. The molecule has 0 bridgehead atoms. The third-order valence-electron chi connectivity index (χ3n) is 3.27. The SMILES string of the molecule is O=C(NOCc1ccccc1)C1COc2ccccc21. The first-order valence-electron chi connectivity index (χ1n) is 6.52. The van der Waals surface area contributed by atoms with Crippen molar-refractivity contribution in [1.29, 1.82) is 0 Å². The Hall–Kier alpha value is -2.33. The highest BCUT2D eigenvalue weighted by Crippen LogP contribution is 2.33. The Balaban J connectivity index is 1.56. The molecule has 1 heterocycles. The lowest BCUT2D eigenvalue weighted by molar-refractivity contribution is -0.136. The second-order valence-corrected chi connectivity index (χ2v) is 4.64. The topological polar surface area (TPSA) is 47.6 Å². The van der Waals surface area contributed by atoms with Gasteiger partial charge in [0.15, 0.2) is 0 Å². The van der Waals surface area contributed by atoms with Gasteiger partial charge in [0, 0.05) is 5.56 Å². The van der Waals surface area contributed by atoms with Crippen molar-refractivity contribution in [2.75, 3.05) is 6.61 Å². The zero-order valence-electron chi connectivity index (χ0n) is 10.9. The molecule has 102 valence electrons. The number of carbonyl (C=O) groups excluding carboxylic acids is 1. The lowest BCUT2D eigenvalue weighted by Gasteiger charge is -2.10. The van der Waals surface area contributed by atoms with E-state index in [1.165, 1.54) is 0 Å². The number of nitrogens with one attached hydrogen (secondary N) is 1. The molecule has 2 aromatic rings. The maximum Gasteiger partial charge on any atom is 0.254 e. The summed E-state index contributed by atoms with van der Waals surface area (Å²) in [5.41, 5.74) is 4.42. The number of amides is 1. The molecule has 0 aromatic heterocycles. The van der Waals surface area contributed by atoms with Crippen LogP contribution in [-0.4, -0.2) is 12.5 Å². The van der Waals surface area contributed by atoms with Gasteiger partial charge in [-0.25, -0.2) is 5.48 Å². The van der Waals surface area contributed by atoms with E-state index in [1.807, 2.05) is 54.6 Å². The van der Waals surface area contributed by atoms with Crippen LogP contribution < -0.4 is 10.2 Å². The first-order chi connectivity index (χ1) is 9.84. The number of hydrogen-bond donors (Lipinski definition) is 1. The number of hydrogen-bond acceptors (Lipinski definition) is 3. The van der Waals surface area contributed by atoms with Crippen molar-refractivity contribution >= 4 is 5.91 Å². The van der Waals surface area contributed by atoms with Crippen LogP contribution in [0.3, 0.4) is 0 Å². The number of para-hydroxylation sites is 1. The molecule has 0 saturated heterocycles. The van der Waals surface area contributed by atoms with Gasteiger partial charge in [-0.05, 0) is 11.6 Å². The number of hydroxylamine groups is 1. The third-order valence-corrected chi connectivity index (χ3v) is 3.27. The second kappa shape index (κ2) is 5.75. The van der Waals surface area contributed by atoms with E-state index in [0.29, 0.717) is 13.2 Å². The molecule has 0 fully saturated rings. The van der Waals surface area contributed by atoms with E-state index < -0.39 is 0 Å². The maximum absolute atomic E-state index is 12.1. The van der Waals surface area contributed by atoms with Crippen LogP contribution >= 0.6 is 0 Å². The van der Waals surface area contributed by atoms with Crippen molar-refractivity contribution in [3.63, 3.8) is 0 Å². The molecule has 3 rings (SSSR count). The lowest BCUT2D eigenvalue weighted by Crippen LogP contribution is -2.30. The Morgan fingerprint density at radius 3 is 2.75 bits per heavy atom. The van der Waals surface area contributed by atoms with Crippen molar-refractivity contribution in [1.82, 2.24) is 5.48 Å². The van der Waals surface area contributed by atoms with Crippen LogP contribution in [0, 0.1) is 0 Å². The molecule has 4 heteroatoms. The highest BCUT2D eigenvalue weighted by atomic mass is 16.7. The summed E-state index contributed by atoms with van der Waals surface area (Å²) in [5.74, 6) is 0.295. The molecule has 1 N–H and O–H groups in total. The standard InChI is InChI=1S/C16H15NO3/c18-16(17-20-10-12-6-2-1-3-7-12)14-11-19-15-9-5-4-8-13(14)15/h1-9,14H,10-11H2,(H,17,18). The summed E-state index contributed by atoms with van der Waals surface area (Å²) in [6.45, 7) is 0.710. The average Bonchev–Trinajstić information content (AvgIpc) is 2.92. The van der Waals surface area contributed by atoms with Crippen LogP contribution in [-0.2, 0) is 16.2 Å². The summed E-state index contributed by atoms with van der Waals surface area (Å²) in [6, 6.07) is 17.3. The minimum Gasteiger partial charge on any atom is -0.492 e. The van der Waals surface area contributed by atoms with Crippen molar-refractivity contribution in [3.8, 4) is 5.75 Å². The van der Waals surface area contributed by atoms with Crippen molar-refractivity contribution in [3.05, 3.63) is 65.7 Å². The van der Waals surface area contributed by atoms with Crippen LogP contribution in [0.2, 0.25) is 0 Å². The van der Waals surface area contributed by atoms with E-state index in [9.17, 15) is 4.79 Å². The molecule has 1 aliphatic heterocycles. The van der Waals surface area contributed by atoms with E-state index in [-0.39, 0.29) is 11.8 Å². The molecule has 4 nitrogen and oxygen atoms in total. The minimum absolute atomic E-state index is 0.175. The van der Waals surface area contributed by atoms with Crippen LogP contribution in [0.5, 0.6) is 5.75 Å². The van der Waals surface area contributed by atoms with Crippen LogP contribution in [0.25, 0.3) is 0 Å². The van der Waals surface area contributed by atoms with Gasteiger partial charge < -0.3 is 4.74 Å². The fraction of sp³-hybridized carbons (Fsp3) is 0.188. The summed E-state index contributed by atoms with van der Waals surface area (Å²) >= 11 is 0. The summed E-state index contributed by atoms with van der Waals surface area (Å²) < 4.78 is 5.48. The van der Waals surface area contributed by atoms with Gasteiger partial charge in [0.1, 0.15) is 18.3 Å². The summed E-state index contributed by atoms with van der Waals surface area (Å²) in [5, 5.41) is 0. The smallest absolute Gasteiger partial charge is 0.254 e. The number of rotatable bonds is 4. The summed E-state index contributed by atoms with van der Waals surface area (Å²) in [7, 11) is 0. The van der Waals surface area contributed by atoms with Gasteiger partial charge in [-0.2, -0.15) is 0 Å². The number of ether oxygens (including phenoxy) is 1. The quantitative estimate of drug-likeness (QED) is 0.867. The minimum atomic E-state index is -0.304. The van der Waals surface area contributed by atoms with Crippen molar-refractivity contribution in [2.45, 2.75) is 12.5 Å². The highest BCUT2D eigenvalue weighted by Gasteiger charge is 2.30. The maximum atomic E-state index is 12.1. The fourth-order valence-electron chi connectivity index (χ4n) is 2.22. The zero-order chi connectivity index (χ0) is 13.8. The van der Waals surface area contributed by atoms with E-state index >= 15 is 0 Å². The fourth-order valence-corrected chi connectivity index (χ4v) is 2.22. The van der Waals surface area contributed by atoms with Gasteiger partial charge in [0.2, 0.25) is 0 Å². The Kier molecular flexibility index (Phi) is 3.65. The zero-order valence-corrected chi connectivity index (χ0v) is 10.9. The Labute approximate surface area is 117 Å². The molecule has 20 heavy (non-hydrogen) atoms. The average molecular weight is 269 g/mol. The van der Waals surface area contributed by atoms with Gasteiger partial charge >= 0.3 is 0 Å².